The number of rotatable bonds is 5. The summed E-state index contributed by atoms with van der Waals surface area (Å²) in [5.74, 6) is -2.18. The van der Waals surface area contributed by atoms with Crippen LogP contribution in [-0.4, -0.2) is 33.2 Å². The van der Waals surface area contributed by atoms with Crippen molar-refractivity contribution in [1.29, 1.82) is 0 Å². The van der Waals surface area contributed by atoms with Crippen molar-refractivity contribution in [3.8, 4) is 0 Å². The Kier molecular flexibility index (Phi) is 4.76. The number of benzene rings is 2. The molecule has 0 radical (unpaired) electrons. The number of carbonyl (C=O) groups excluding carboxylic acids is 3. The highest BCUT2D eigenvalue weighted by Crippen LogP contribution is 2.25. The number of thiazole rings is 2. The van der Waals surface area contributed by atoms with Crippen LogP contribution in [0.5, 0.6) is 0 Å². The van der Waals surface area contributed by atoms with Gasteiger partial charge in [0.15, 0.2) is 10.0 Å². The molecule has 9 heteroatoms. The van der Waals surface area contributed by atoms with Crippen LogP contribution >= 0.6 is 22.7 Å². The zero-order chi connectivity index (χ0) is 19.7. The van der Waals surface area contributed by atoms with E-state index in [2.05, 4.69) is 20.0 Å². The first kappa shape index (κ1) is 18.1. The van der Waals surface area contributed by atoms with Crippen molar-refractivity contribution < 1.29 is 19.2 Å². The maximum absolute atomic E-state index is 12.9. The smallest absolute Gasteiger partial charge is 0.318 e. The Morgan fingerprint density at radius 1 is 0.821 bits per heavy atom. The number of carbonyl (C=O) groups is 3. The summed E-state index contributed by atoms with van der Waals surface area (Å²) in [6, 6.07) is 14.4. The Hall–Kier alpha value is -3.30. The predicted octanol–water partition coefficient (Wildman–Crippen LogP) is 3.89. The molecule has 28 heavy (non-hydrogen) atoms. The molecule has 0 fully saturated rings. The fraction of sp³-hybridized carbons (Fsp3) is 0.0526. The Morgan fingerprint density at radius 2 is 1.29 bits per heavy atom. The summed E-state index contributed by atoms with van der Waals surface area (Å²) < 4.78 is 1.59. The molecule has 2 heterocycles. The largest absolute Gasteiger partial charge is 0.332 e. The Bertz CT molecular complexity index is 1120. The standard InChI is InChI=1S/C19H11N3O4S2/c1-10(23)26-22-15(16(24)18-20-11-6-2-4-8-13(11)27-18)17(25)19-21-12-7-3-5-9-14(12)28-19/h2-9H,1H3. The first-order valence-corrected chi connectivity index (χ1v) is 9.72. The molecule has 0 aliphatic rings. The Balaban J connectivity index is 1.75. The molecule has 4 rings (SSSR count). The number of nitrogens with zero attached hydrogens (tertiary/aromatic N) is 3. The van der Waals surface area contributed by atoms with Gasteiger partial charge in [-0.1, -0.05) is 29.4 Å². The minimum absolute atomic E-state index is 0.0848. The summed E-state index contributed by atoms with van der Waals surface area (Å²) in [6.07, 6.45) is 0. The lowest BCUT2D eigenvalue weighted by Gasteiger charge is -2.00. The van der Waals surface area contributed by atoms with E-state index in [0.29, 0.717) is 11.0 Å². The number of hydrogen-bond acceptors (Lipinski definition) is 9. The van der Waals surface area contributed by atoms with Crippen molar-refractivity contribution in [3.63, 3.8) is 0 Å². The summed E-state index contributed by atoms with van der Waals surface area (Å²) in [6.45, 7) is 1.13. The SMILES string of the molecule is CC(=O)ON=C(C(=O)c1nc2ccccc2s1)C(=O)c1nc2ccccc2s1. The lowest BCUT2D eigenvalue weighted by atomic mass is 10.2. The molecular weight excluding hydrogens is 398 g/mol. The summed E-state index contributed by atoms with van der Waals surface area (Å²) in [4.78, 5) is 50.2. The predicted molar refractivity (Wildman–Crippen MR) is 107 cm³/mol. The molecule has 0 bridgehead atoms. The summed E-state index contributed by atoms with van der Waals surface area (Å²) in [5, 5.41) is 3.69. The normalized spacial score (nSPS) is 10.8. The van der Waals surface area contributed by atoms with E-state index in [9.17, 15) is 14.4 Å². The number of aromatic nitrogens is 2. The number of ketones is 2. The number of hydrogen-bond donors (Lipinski definition) is 0. The molecule has 0 saturated carbocycles. The Labute approximate surface area is 166 Å². The van der Waals surface area contributed by atoms with Crippen LogP contribution in [0, 0.1) is 0 Å². The minimum atomic E-state index is -0.744. The highest BCUT2D eigenvalue weighted by atomic mass is 32.1. The zero-order valence-corrected chi connectivity index (χ0v) is 16.0. The van der Waals surface area contributed by atoms with E-state index in [1.807, 2.05) is 24.3 Å². The van der Waals surface area contributed by atoms with Crippen LogP contribution in [0.2, 0.25) is 0 Å². The van der Waals surface area contributed by atoms with Crippen molar-refractivity contribution in [2.75, 3.05) is 0 Å². The molecule has 0 aliphatic carbocycles. The first-order chi connectivity index (χ1) is 13.5. The van der Waals surface area contributed by atoms with Crippen molar-refractivity contribution in [3.05, 3.63) is 58.5 Å². The molecule has 4 aromatic rings. The zero-order valence-electron chi connectivity index (χ0n) is 14.4. The van der Waals surface area contributed by atoms with E-state index in [1.54, 1.807) is 24.3 Å². The van der Waals surface area contributed by atoms with Gasteiger partial charge in [0, 0.05) is 6.92 Å². The van der Waals surface area contributed by atoms with E-state index >= 15 is 0 Å². The molecule has 7 nitrogen and oxygen atoms in total. The van der Waals surface area contributed by atoms with Crippen molar-refractivity contribution in [2.45, 2.75) is 6.92 Å². The summed E-state index contributed by atoms with van der Waals surface area (Å²) in [5.41, 5.74) is 0.735. The molecule has 2 aromatic heterocycles. The van der Waals surface area contributed by atoms with Crippen molar-refractivity contribution >= 4 is 66.4 Å². The van der Waals surface area contributed by atoms with Gasteiger partial charge in [-0.2, -0.15) is 0 Å². The third-order valence-electron chi connectivity index (χ3n) is 3.67. The van der Waals surface area contributed by atoms with Gasteiger partial charge >= 0.3 is 5.97 Å². The Morgan fingerprint density at radius 3 is 1.71 bits per heavy atom. The van der Waals surface area contributed by atoms with E-state index < -0.39 is 23.2 Å². The topological polar surface area (TPSA) is 98.6 Å². The second-order valence-corrected chi connectivity index (χ2v) is 7.72. The van der Waals surface area contributed by atoms with Gasteiger partial charge in [0.1, 0.15) is 0 Å². The van der Waals surface area contributed by atoms with Crippen LogP contribution < -0.4 is 0 Å². The van der Waals surface area contributed by atoms with E-state index in [0.717, 1.165) is 39.0 Å². The van der Waals surface area contributed by atoms with Crippen LogP contribution in [0.3, 0.4) is 0 Å². The first-order valence-electron chi connectivity index (χ1n) is 8.09. The molecule has 0 saturated heterocycles. The quantitative estimate of drug-likeness (QED) is 0.163. The molecule has 0 aliphatic heterocycles. The van der Waals surface area contributed by atoms with E-state index in [1.165, 1.54) is 0 Å². The van der Waals surface area contributed by atoms with Crippen LogP contribution in [-0.2, 0) is 9.63 Å². The third kappa shape index (κ3) is 3.45. The van der Waals surface area contributed by atoms with Gasteiger partial charge in [0.2, 0.25) is 17.3 Å². The number of para-hydroxylation sites is 2. The number of oxime groups is 1. The van der Waals surface area contributed by atoms with Crippen LogP contribution in [0.15, 0.2) is 53.7 Å². The second-order valence-electron chi connectivity index (χ2n) is 5.65. The van der Waals surface area contributed by atoms with Gasteiger partial charge < -0.3 is 4.84 Å². The maximum Gasteiger partial charge on any atom is 0.332 e. The van der Waals surface area contributed by atoms with Gasteiger partial charge in [-0.05, 0) is 24.3 Å². The third-order valence-corrected chi connectivity index (χ3v) is 5.74. The average molecular weight is 409 g/mol. The van der Waals surface area contributed by atoms with Crippen molar-refractivity contribution in [1.82, 2.24) is 9.97 Å². The van der Waals surface area contributed by atoms with Gasteiger partial charge in [0.25, 0.3) is 0 Å². The van der Waals surface area contributed by atoms with Gasteiger partial charge in [-0.25, -0.2) is 14.8 Å². The summed E-state index contributed by atoms with van der Waals surface area (Å²) >= 11 is 2.27. The number of fused-ring (bicyclic) bond motifs is 2. The number of Topliss-reactive ketones (excluding diaryl/α,β-unsaturated/α-hetero) is 2. The average Bonchev–Trinajstić information content (AvgIpc) is 3.31. The monoisotopic (exact) mass is 409 g/mol. The van der Waals surface area contributed by atoms with Crippen LogP contribution in [0.1, 0.15) is 26.5 Å². The molecule has 138 valence electrons. The minimum Gasteiger partial charge on any atom is -0.318 e. The van der Waals surface area contributed by atoms with Gasteiger partial charge in [0.05, 0.1) is 20.4 Å². The van der Waals surface area contributed by atoms with E-state index in [4.69, 9.17) is 0 Å². The molecule has 0 amide bonds. The fourth-order valence-electron chi connectivity index (χ4n) is 2.44. The summed E-state index contributed by atoms with van der Waals surface area (Å²) in [7, 11) is 0. The van der Waals surface area contributed by atoms with Crippen molar-refractivity contribution in [2.24, 2.45) is 5.16 Å². The van der Waals surface area contributed by atoms with Gasteiger partial charge in [-0.15, -0.1) is 22.7 Å². The van der Waals surface area contributed by atoms with Crippen LogP contribution in [0.4, 0.5) is 0 Å². The molecule has 0 spiro atoms. The second kappa shape index (κ2) is 7.37. The molecular formula is C19H11N3O4S2. The highest BCUT2D eigenvalue weighted by Gasteiger charge is 2.29. The molecule has 0 unspecified atom stereocenters. The van der Waals surface area contributed by atoms with Crippen LogP contribution in [0.25, 0.3) is 20.4 Å². The lowest BCUT2D eigenvalue weighted by molar-refractivity contribution is -0.140. The maximum atomic E-state index is 12.9. The molecule has 0 N–H and O–H groups in total. The fourth-order valence-corrected chi connectivity index (χ4v) is 4.25. The van der Waals surface area contributed by atoms with Gasteiger partial charge in [-0.3, -0.25) is 9.59 Å². The highest BCUT2D eigenvalue weighted by molar-refractivity contribution is 7.22. The van der Waals surface area contributed by atoms with E-state index in [-0.39, 0.29) is 10.0 Å². The lowest BCUT2D eigenvalue weighted by Crippen LogP contribution is -2.25. The molecule has 0 atom stereocenters. The molecule has 2 aromatic carbocycles.